The molecule has 1 heterocycles. The maximum Gasteiger partial charge on any atom is 0.282 e. The van der Waals surface area contributed by atoms with Crippen LogP contribution in [0.5, 0.6) is 11.5 Å². The second kappa shape index (κ2) is 10.8. The fourth-order valence-corrected chi connectivity index (χ4v) is 3.96. The highest BCUT2D eigenvalue weighted by Crippen LogP contribution is 2.35. The van der Waals surface area contributed by atoms with Gasteiger partial charge in [0.2, 0.25) is 0 Å². The van der Waals surface area contributed by atoms with E-state index in [1.165, 1.54) is 17.2 Å². The lowest BCUT2D eigenvalue weighted by molar-refractivity contribution is -0.117. The quantitative estimate of drug-likeness (QED) is 0.228. The van der Waals surface area contributed by atoms with E-state index in [2.05, 4.69) is 5.43 Å². The molecule has 0 radical (unpaired) electrons. The zero-order valence-electron chi connectivity index (χ0n) is 17.8. The highest BCUT2D eigenvalue weighted by Gasteiger charge is 2.34. The van der Waals surface area contributed by atoms with Gasteiger partial charge >= 0.3 is 0 Å². The smallest absolute Gasteiger partial charge is 0.282 e. The Bertz CT molecular complexity index is 1230. The van der Waals surface area contributed by atoms with Gasteiger partial charge in [-0.2, -0.15) is 0 Å². The van der Waals surface area contributed by atoms with E-state index >= 15 is 0 Å². The average Bonchev–Trinajstić information content (AvgIpc) is 3.10. The fraction of sp³-hybridized carbons (Fsp3) is 0.120. The molecule has 1 fully saturated rings. The first-order valence-corrected chi connectivity index (χ1v) is 11.5. The van der Waals surface area contributed by atoms with E-state index in [0.717, 1.165) is 0 Å². The summed E-state index contributed by atoms with van der Waals surface area (Å²) in [7, 11) is 0. The predicted molar refractivity (Wildman–Crippen MR) is 134 cm³/mol. The first-order valence-electron chi connectivity index (χ1n) is 10.3. The molecule has 0 spiro atoms. The number of hydrazine groups is 1. The second-order valence-electron chi connectivity index (χ2n) is 7.29. The minimum absolute atomic E-state index is 0.0573. The third kappa shape index (κ3) is 5.65. The number of hydrogen-bond donors (Lipinski definition) is 1. The molecule has 1 aliphatic heterocycles. The summed E-state index contributed by atoms with van der Waals surface area (Å²) >= 11 is 18.4. The van der Waals surface area contributed by atoms with Gasteiger partial charge in [0.15, 0.2) is 0 Å². The average molecular weight is 518 g/mol. The Kier molecular flexibility index (Phi) is 7.63. The van der Waals surface area contributed by atoms with Crippen LogP contribution in [0.2, 0.25) is 15.1 Å². The summed E-state index contributed by atoms with van der Waals surface area (Å²) in [5.41, 5.74) is 3.47. The molecular formula is C25H19Cl3N2O4. The number of nitrogens with zero attached hydrogens (tertiary/aromatic N) is 1. The standard InChI is InChI=1S/C25H19Cl3N2O4/c26-17-7-9-20(10-8-17)33-11-4-12-34-23-16(13-18(27)15-22(23)28)14-21-24(31)29-30(25(21)32)19-5-2-1-3-6-19/h1-3,5-10,13-15H,4,11-12H2,(H,29,31)/b21-14+. The molecule has 174 valence electrons. The monoisotopic (exact) mass is 516 g/mol. The van der Waals surface area contributed by atoms with Crippen LogP contribution < -0.4 is 19.9 Å². The molecule has 3 aromatic carbocycles. The predicted octanol–water partition coefficient (Wildman–Crippen LogP) is 5.96. The first-order chi connectivity index (χ1) is 16.4. The Hall–Kier alpha value is -3.19. The van der Waals surface area contributed by atoms with Crippen molar-refractivity contribution in [1.29, 1.82) is 0 Å². The largest absolute Gasteiger partial charge is 0.493 e. The van der Waals surface area contributed by atoms with Crippen LogP contribution in [0.25, 0.3) is 6.08 Å². The zero-order chi connectivity index (χ0) is 24.1. The fourth-order valence-electron chi connectivity index (χ4n) is 3.27. The van der Waals surface area contributed by atoms with Gasteiger partial charge in [0.1, 0.15) is 17.1 Å². The number of rotatable bonds is 8. The van der Waals surface area contributed by atoms with Crippen LogP contribution in [0.1, 0.15) is 12.0 Å². The molecule has 4 rings (SSSR count). The number of hydrogen-bond acceptors (Lipinski definition) is 4. The Balaban J connectivity index is 1.47. The Labute approximate surface area is 211 Å². The molecule has 1 N–H and O–H groups in total. The maximum absolute atomic E-state index is 12.9. The summed E-state index contributed by atoms with van der Waals surface area (Å²) in [5.74, 6) is -0.00113. The molecule has 6 nitrogen and oxygen atoms in total. The van der Waals surface area contributed by atoms with E-state index in [4.69, 9.17) is 44.3 Å². The van der Waals surface area contributed by atoms with Crippen LogP contribution in [0, 0.1) is 0 Å². The SMILES string of the molecule is O=C1NN(c2ccccc2)C(=O)/C1=C/c1cc(Cl)cc(Cl)c1OCCCOc1ccc(Cl)cc1. The zero-order valence-corrected chi connectivity index (χ0v) is 20.0. The van der Waals surface area contributed by atoms with Crippen LogP contribution >= 0.6 is 34.8 Å². The summed E-state index contributed by atoms with van der Waals surface area (Å²) in [6.45, 7) is 0.706. The number of nitrogens with one attached hydrogen (secondary N) is 1. The molecule has 9 heteroatoms. The molecule has 1 saturated heterocycles. The van der Waals surface area contributed by atoms with Gasteiger partial charge in [-0.15, -0.1) is 0 Å². The van der Waals surface area contributed by atoms with Crippen LogP contribution in [-0.4, -0.2) is 25.0 Å². The number of carbonyl (C=O) groups is 2. The summed E-state index contributed by atoms with van der Waals surface area (Å²) in [5, 5.41) is 2.44. The molecule has 0 bridgehead atoms. The number of anilines is 1. The van der Waals surface area contributed by atoms with Crippen molar-refractivity contribution in [2.45, 2.75) is 6.42 Å². The molecule has 0 aliphatic carbocycles. The third-order valence-electron chi connectivity index (χ3n) is 4.86. The van der Waals surface area contributed by atoms with E-state index in [0.29, 0.717) is 52.4 Å². The van der Waals surface area contributed by atoms with Crippen LogP contribution in [0.15, 0.2) is 72.3 Å². The van der Waals surface area contributed by atoms with Gasteiger partial charge in [-0.3, -0.25) is 15.0 Å². The van der Waals surface area contributed by atoms with Gasteiger partial charge in [0.05, 0.1) is 23.9 Å². The molecule has 0 saturated carbocycles. The lowest BCUT2D eigenvalue weighted by atomic mass is 10.1. The number of benzene rings is 3. The summed E-state index contributed by atoms with van der Waals surface area (Å²) < 4.78 is 11.5. The normalized spacial score (nSPS) is 14.4. The molecule has 1 aliphatic rings. The van der Waals surface area contributed by atoms with Crippen molar-refractivity contribution in [1.82, 2.24) is 5.43 Å². The molecule has 0 unspecified atom stereocenters. The van der Waals surface area contributed by atoms with E-state index in [9.17, 15) is 9.59 Å². The molecule has 0 aromatic heterocycles. The van der Waals surface area contributed by atoms with Crippen molar-refractivity contribution in [3.63, 3.8) is 0 Å². The minimum atomic E-state index is -0.535. The van der Waals surface area contributed by atoms with Gasteiger partial charge in [-0.05, 0) is 54.6 Å². The highest BCUT2D eigenvalue weighted by molar-refractivity contribution is 6.36. The van der Waals surface area contributed by atoms with Crippen molar-refractivity contribution in [3.8, 4) is 11.5 Å². The van der Waals surface area contributed by atoms with Gasteiger partial charge in [0, 0.05) is 22.0 Å². The first kappa shape index (κ1) is 24.0. The summed E-state index contributed by atoms with van der Waals surface area (Å²) in [4.78, 5) is 25.4. The van der Waals surface area contributed by atoms with Gasteiger partial charge in [-0.1, -0.05) is 53.0 Å². The minimum Gasteiger partial charge on any atom is -0.493 e. The second-order valence-corrected chi connectivity index (χ2v) is 8.57. The van der Waals surface area contributed by atoms with Crippen molar-refractivity contribution in [2.75, 3.05) is 18.2 Å². The Morgan fingerprint density at radius 3 is 2.29 bits per heavy atom. The van der Waals surface area contributed by atoms with Crippen molar-refractivity contribution >= 4 is 58.4 Å². The number of para-hydroxylation sites is 1. The Morgan fingerprint density at radius 2 is 1.56 bits per heavy atom. The lowest BCUT2D eigenvalue weighted by Gasteiger charge is -2.14. The van der Waals surface area contributed by atoms with Crippen molar-refractivity contribution in [2.24, 2.45) is 0 Å². The van der Waals surface area contributed by atoms with Gasteiger partial charge < -0.3 is 9.47 Å². The highest BCUT2D eigenvalue weighted by atomic mass is 35.5. The van der Waals surface area contributed by atoms with E-state index in [1.807, 2.05) is 6.07 Å². The van der Waals surface area contributed by atoms with Crippen LogP contribution in [0.3, 0.4) is 0 Å². The topological polar surface area (TPSA) is 67.9 Å². The molecule has 0 atom stereocenters. The van der Waals surface area contributed by atoms with Crippen molar-refractivity contribution in [3.05, 3.63) is 92.9 Å². The van der Waals surface area contributed by atoms with E-state index in [-0.39, 0.29) is 10.6 Å². The maximum atomic E-state index is 12.9. The molecular weight excluding hydrogens is 499 g/mol. The lowest BCUT2D eigenvalue weighted by Crippen LogP contribution is -2.35. The molecule has 2 amide bonds. The molecule has 34 heavy (non-hydrogen) atoms. The third-order valence-corrected chi connectivity index (χ3v) is 5.61. The number of ether oxygens (including phenoxy) is 2. The van der Waals surface area contributed by atoms with Crippen LogP contribution in [0.4, 0.5) is 5.69 Å². The molecule has 3 aromatic rings. The van der Waals surface area contributed by atoms with Gasteiger partial charge in [0.25, 0.3) is 11.8 Å². The van der Waals surface area contributed by atoms with Gasteiger partial charge in [-0.25, -0.2) is 5.01 Å². The summed E-state index contributed by atoms with van der Waals surface area (Å²) in [6, 6.07) is 19.0. The summed E-state index contributed by atoms with van der Waals surface area (Å²) in [6.07, 6.45) is 2.00. The van der Waals surface area contributed by atoms with E-state index < -0.39 is 11.8 Å². The Morgan fingerprint density at radius 1 is 0.853 bits per heavy atom. The van der Waals surface area contributed by atoms with E-state index in [1.54, 1.807) is 54.6 Å². The van der Waals surface area contributed by atoms with Crippen molar-refractivity contribution < 1.29 is 19.1 Å². The van der Waals surface area contributed by atoms with Crippen LogP contribution in [-0.2, 0) is 9.59 Å². The number of halogens is 3. The number of carbonyl (C=O) groups excluding carboxylic acids is 2. The number of amides is 2.